The molecule has 5 nitrogen and oxygen atoms in total. The molecule has 0 atom stereocenters. The van der Waals surface area contributed by atoms with Gasteiger partial charge >= 0.3 is 6.09 Å². The number of hydrogen-bond acceptors (Lipinski definition) is 4. The Morgan fingerprint density at radius 2 is 1.56 bits per heavy atom. The number of ether oxygens (including phenoxy) is 2. The summed E-state index contributed by atoms with van der Waals surface area (Å²) in [6.45, 7) is 14.2. The first-order valence-electron chi connectivity index (χ1n) is 6.40. The Morgan fingerprint density at radius 3 is 2.06 bits per heavy atom. The number of nitrogens with one attached hydrogen (secondary N) is 2. The molecule has 18 heavy (non-hydrogen) atoms. The first-order valence-corrected chi connectivity index (χ1v) is 6.40. The van der Waals surface area contributed by atoms with E-state index in [1.54, 1.807) is 0 Å². The standard InChI is InChI=1S/C13H28N2O3/c1-12(2,3)15-8-10-17-9-7-14-11(16)18-13(4,5)6/h15H,7-10H2,1-6H3,(H,14,16). The predicted octanol–water partition coefficient (Wildman–Crippen LogP) is 1.92. The smallest absolute Gasteiger partial charge is 0.407 e. The van der Waals surface area contributed by atoms with Crippen LogP contribution in [0.3, 0.4) is 0 Å². The van der Waals surface area contributed by atoms with Crippen LogP contribution in [-0.4, -0.2) is 43.5 Å². The molecule has 0 radical (unpaired) electrons. The SMILES string of the molecule is CC(C)(C)NCCOCCNC(=O)OC(C)(C)C. The molecule has 0 aliphatic heterocycles. The second-order valence-electron chi connectivity index (χ2n) is 6.22. The van der Waals surface area contributed by atoms with Crippen molar-refractivity contribution in [2.45, 2.75) is 52.7 Å². The molecule has 0 rings (SSSR count). The molecule has 0 saturated carbocycles. The molecular weight excluding hydrogens is 232 g/mol. The largest absolute Gasteiger partial charge is 0.444 e. The number of amides is 1. The van der Waals surface area contributed by atoms with E-state index in [1.807, 2.05) is 20.8 Å². The maximum atomic E-state index is 11.3. The summed E-state index contributed by atoms with van der Waals surface area (Å²) < 4.78 is 10.5. The third-order valence-electron chi connectivity index (χ3n) is 1.82. The normalized spacial score (nSPS) is 12.3. The van der Waals surface area contributed by atoms with Crippen molar-refractivity contribution < 1.29 is 14.3 Å². The van der Waals surface area contributed by atoms with Crippen molar-refractivity contribution >= 4 is 6.09 Å². The highest BCUT2D eigenvalue weighted by Crippen LogP contribution is 2.05. The van der Waals surface area contributed by atoms with E-state index >= 15 is 0 Å². The number of alkyl carbamates (subject to hydrolysis) is 1. The van der Waals surface area contributed by atoms with Crippen LogP contribution in [0, 0.1) is 0 Å². The van der Waals surface area contributed by atoms with Gasteiger partial charge in [-0.3, -0.25) is 0 Å². The lowest BCUT2D eigenvalue weighted by Crippen LogP contribution is -2.38. The van der Waals surface area contributed by atoms with Crippen LogP contribution in [0.2, 0.25) is 0 Å². The van der Waals surface area contributed by atoms with Crippen LogP contribution in [0.5, 0.6) is 0 Å². The van der Waals surface area contributed by atoms with Crippen molar-refractivity contribution in [1.29, 1.82) is 0 Å². The second kappa shape index (κ2) is 7.59. The first kappa shape index (κ1) is 17.2. The fourth-order valence-corrected chi connectivity index (χ4v) is 1.14. The minimum Gasteiger partial charge on any atom is -0.444 e. The van der Waals surface area contributed by atoms with Crippen LogP contribution in [-0.2, 0) is 9.47 Å². The Kier molecular flexibility index (Phi) is 7.25. The average Bonchev–Trinajstić information content (AvgIpc) is 2.11. The summed E-state index contributed by atoms with van der Waals surface area (Å²) in [6.07, 6.45) is -0.404. The maximum absolute atomic E-state index is 11.3. The molecule has 0 heterocycles. The van der Waals surface area contributed by atoms with E-state index in [9.17, 15) is 4.79 Å². The average molecular weight is 260 g/mol. The highest BCUT2D eigenvalue weighted by molar-refractivity contribution is 5.67. The third-order valence-corrected chi connectivity index (χ3v) is 1.82. The molecule has 0 aromatic rings. The molecule has 0 fully saturated rings. The lowest BCUT2D eigenvalue weighted by Gasteiger charge is -2.20. The van der Waals surface area contributed by atoms with Crippen LogP contribution in [0.4, 0.5) is 4.79 Å². The molecule has 1 amide bonds. The fourth-order valence-electron chi connectivity index (χ4n) is 1.14. The monoisotopic (exact) mass is 260 g/mol. The van der Waals surface area contributed by atoms with E-state index < -0.39 is 11.7 Å². The minimum atomic E-state index is -0.457. The van der Waals surface area contributed by atoms with Crippen molar-refractivity contribution in [1.82, 2.24) is 10.6 Å². The van der Waals surface area contributed by atoms with E-state index in [0.717, 1.165) is 6.54 Å². The van der Waals surface area contributed by atoms with Crippen molar-refractivity contribution in [3.8, 4) is 0 Å². The van der Waals surface area contributed by atoms with E-state index in [-0.39, 0.29) is 5.54 Å². The van der Waals surface area contributed by atoms with Crippen molar-refractivity contribution in [2.75, 3.05) is 26.3 Å². The van der Waals surface area contributed by atoms with Gasteiger partial charge in [-0.25, -0.2) is 4.79 Å². The molecule has 0 aromatic carbocycles. The summed E-state index contributed by atoms with van der Waals surface area (Å²) in [6, 6.07) is 0. The number of hydrogen-bond donors (Lipinski definition) is 2. The van der Waals surface area contributed by atoms with E-state index in [1.165, 1.54) is 0 Å². The van der Waals surface area contributed by atoms with Gasteiger partial charge in [-0.2, -0.15) is 0 Å². The van der Waals surface area contributed by atoms with Gasteiger partial charge in [0.25, 0.3) is 0 Å². The summed E-state index contributed by atoms with van der Waals surface area (Å²) >= 11 is 0. The van der Waals surface area contributed by atoms with Gasteiger partial charge in [0.15, 0.2) is 0 Å². The van der Waals surface area contributed by atoms with E-state index in [0.29, 0.717) is 19.8 Å². The van der Waals surface area contributed by atoms with Crippen LogP contribution in [0.25, 0.3) is 0 Å². The quantitative estimate of drug-likeness (QED) is 0.716. The Balaban J connectivity index is 3.39. The summed E-state index contributed by atoms with van der Waals surface area (Å²) in [5, 5.41) is 5.96. The number of rotatable bonds is 6. The highest BCUT2D eigenvalue weighted by Gasteiger charge is 2.15. The zero-order valence-electron chi connectivity index (χ0n) is 12.6. The Labute approximate surface area is 111 Å². The topological polar surface area (TPSA) is 59.6 Å². The molecule has 108 valence electrons. The summed E-state index contributed by atoms with van der Waals surface area (Å²) in [4.78, 5) is 11.3. The van der Waals surface area contributed by atoms with Crippen LogP contribution < -0.4 is 10.6 Å². The zero-order valence-corrected chi connectivity index (χ0v) is 12.6. The van der Waals surface area contributed by atoms with Crippen LogP contribution >= 0.6 is 0 Å². The summed E-state index contributed by atoms with van der Waals surface area (Å²) in [7, 11) is 0. The van der Waals surface area contributed by atoms with Gasteiger partial charge in [-0.15, -0.1) is 0 Å². The molecule has 0 saturated heterocycles. The highest BCUT2D eigenvalue weighted by atomic mass is 16.6. The number of carbonyl (C=O) groups excluding carboxylic acids is 1. The third kappa shape index (κ3) is 13.3. The molecule has 5 heteroatoms. The van der Waals surface area contributed by atoms with E-state index in [4.69, 9.17) is 9.47 Å². The van der Waals surface area contributed by atoms with Gasteiger partial charge in [0.1, 0.15) is 5.60 Å². The molecule has 0 bridgehead atoms. The Morgan fingerprint density at radius 1 is 1.00 bits per heavy atom. The first-order chi connectivity index (χ1) is 8.10. The second-order valence-corrected chi connectivity index (χ2v) is 6.22. The summed E-state index contributed by atoms with van der Waals surface area (Å²) in [5.41, 5.74) is -0.348. The van der Waals surface area contributed by atoms with Crippen molar-refractivity contribution in [3.05, 3.63) is 0 Å². The molecule has 0 unspecified atom stereocenters. The molecule has 0 spiro atoms. The van der Waals surface area contributed by atoms with Crippen molar-refractivity contribution in [2.24, 2.45) is 0 Å². The van der Waals surface area contributed by atoms with Gasteiger partial charge in [0.2, 0.25) is 0 Å². The van der Waals surface area contributed by atoms with Gasteiger partial charge in [0, 0.05) is 18.6 Å². The zero-order chi connectivity index (χ0) is 14.2. The Bertz CT molecular complexity index is 242. The van der Waals surface area contributed by atoms with Crippen LogP contribution in [0.15, 0.2) is 0 Å². The van der Waals surface area contributed by atoms with Gasteiger partial charge in [0.05, 0.1) is 13.2 Å². The van der Waals surface area contributed by atoms with Crippen LogP contribution in [0.1, 0.15) is 41.5 Å². The molecule has 0 aliphatic carbocycles. The summed E-state index contributed by atoms with van der Waals surface area (Å²) in [5.74, 6) is 0. The van der Waals surface area contributed by atoms with Gasteiger partial charge in [-0.1, -0.05) is 0 Å². The predicted molar refractivity (Wildman–Crippen MR) is 72.8 cm³/mol. The molecular formula is C13H28N2O3. The van der Waals surface area contributed by atoms with Gasteiger partial charge < -0.3 is 20.1 Å². The molecule has 2 N–H and O–H groups in total. The van der Waals surface area contributed by atoms with E-state index in [2.05, 4.69) is 31.4 Å². The van der Waals surface area contributed by atoms with Crippen molar-refractivity contribution in [3.63, 3.8) is 0 Å². The van der Waals surface area contributed by atoms with Gasteiger partial charge in [-0.05, 0) is 41.5 Å². The lowest BCUT2D eigenvalue weighted by molar-refractivity contribution is 0.0499. The lowest BCUT2D eigenvalue weighted by atomic mass is 10.1. The number of carbonyl (C=O) groups is 1. The fraction of sp³-hybridized carbons (Fsp3) is 0.923. The molecule has 0 aliphatic rings. The Hall–Kier alpha value is -0.810. The molecule has 0 aromatic heterocycles. The maximum Gasteiger partial charge on any atom is 0.407 e. The minimum absolute atomic E-state index is 0.109.